The van der Waals surface area contributed by atoms with Gasteiger partial charge in [0.2, 0.25) is 10.0 Å². The van der Waals surface area contributed by atoms with Gasteiger partial charge in [0.1, 0.15) is 0 Å². The lowest BCUT2D eigenvalue weighted by molar-refractivity contribution is 0.0697. The van der Waals surface area contributed by atoms with Crippen molar-refractivity contribution in [1.82, 2.24) is 9.21 Å². The van der Waals surface area contributed by atoms with Gasteiger partial charge in [-0.2, -0.15) is 4.31 Å². The van der Waals surface area contributed by atoms with E-state index in [9.17, 15) is 22.0 Å². The molecule has 2 aromatic rings. The van der Waals surface area contributed by atoms with Gasteiger partial charge in [-0.25, -0.2) is 17.2 Å². The number of carbonyl (C=O) groups excluding carboxylic acids is 1. The third-order valence-electron chi connectivity index (χ3n) is 4.22. The van der Waals surface area contributed by atoms with E-state index in [1.54, 1.807) is 0 Å². The van der Waals surface area contributed by atoms with Crippen LogP contribution in [0.5, 0.6) is 0 Å². The Morgan fingerprint density at radius 1 is 0.889 bits per heavy atom. The van der Waals surface area contributed by atoms with Crippen molar-refractivity contribution in [2.45, 2.75) is 4.90 Å². The molecule has 0 radical (unpaired) electrons. The van der Waals surface area contributed by atoms with E-state index in [0.29, 0.717) is 0 Å². The summed E-state index contributed by atoms with van der Waals surface area (Å²) in [4.78, 5) is 13.8. The number of rotatable bonds is 3. The van der Waals surface area contributed by atoms with E-state index in [1.807, 2.05) is 0 Å². The summed E-state index contributed by atoms with van der Waals surface area (Å²) in [5, 5.41) is 0.377. The van der Waals surface area contributed by atoms with Crippen molar-refractivity contribution in [3.05, 3.63) is 63.6 Å². The highest BCUT2D eigenvalue weighted by atomic mass is 35.5. The third-order valence-corrected chi connectivity index (χ3v) is 6.85. The second-order valence-electron chi connectivity index (χ2n) is 5.90. The topological polar surface area (TPSA) is 57.7 Å². The molecule has 5 nitrogen and oxygen atoms in total. The van der Waals surface area contributed by atoms with Gasteiger partial charge >= 0.3 is 0 Å². The van der Waals surface area contributed by atoms with Crippen LogP contribution in [0, 0.1) is 11.6 Å². The number of sulfonamides is 1. The lowest BCUT2D eigenvalue weighted by Crippen LogP contribution is -2.50. The van der Waals surface area contributed by atoms with Crippen LogP contribution in [0.3, 0.4) is 0 Å². The summed E-state index contributed by atoms with van der Waals surface area (Å²) in [5.74, 6) is -2.63. The molecule has 1 aliphatic rings. The van der Waals surface area contributed by atoms with E-state index in [0.717, 1.165) is 12.1 Å². The minimum Gasteiger partial charge on any atom is -0.336 e. The van der Waals surface area contributed by atoms with Crippen LogP contribution in [-0.4, -0.2) is 49.7 Å². The van der Waals surface area contributed by atoms with E-state index in [2.05, 4.69) is 0 Å². The SMILES string of the molecule is O=C(c1ccc(F)c(F)c1)N1CCN(S(=O)(=O)c2ccc(Cl)c(Cl)c2)CC1. The summed E-state index contributed by atoms with van der Waals surface area (Å²) in [7, 11) is -3.78. The summed E-state index contributed by atoms with van der Waals surface area (Å²) in [6, 6.07) is 6.95. The van der Waals surface area contributed by atoms with E-state index >= 15 is 0 Å². The van der Waals surface area contributed by atoms with Gasteiger partial charge in [-0.15, -0.1) is 0 Å². The maximum atomic E-state index is 13.3. The lowest BCUT2D eigenvalue weighted by atomic mass is 10.1. The first-order valence-electron chi connectivity index (χ1n) is 7.89. The van der Waals surface area contributed by atoms with Crippen LogP contribution in [0.1, 0.15) is 10.4 Å². The smallest absolute Gasteiger partial charge is 0.254 e. The van der Waals surface area contributed by atoms with Gasteiger partial charge in [0.05, 0.1) is 14.9 Å². The van der Waals surface area contributed by atoms with Gasteiger partial charge < -0.3 is 4.90 Å². The van der Waals surface area contributed by atoms with Crippen molar-refractivity contribution >= 4 is 39.1 Å². The number of carbonyl (C=O) groups is 1. The Bertz CT molecular complexity index is 994. The average molecular weight is 435 g/mol. The van der Waals surface area contributed by atoms with Crippen molar-refractivity contribution < 1.29 is 22.0 Å². The quantitative estimate of drug-likeness (QED) is 0.743. The predicted octanol–water partition coefficient (Wildman–Crippen LogP) is 3.42. The van der Waals surface area contributed by atoms with E-state index < -0.39 is 27.6 Å². The molecule has 0 atom stereocenters. The molecule has 0 saturated carbocycles. The summed E-state index contributed by atoms with van der Waals surface area (Å²) >= 11 is 11.7. The summed E-state index contributed by atoms with van der Waals surface area (Å²) in [6.45, 7) is 0.382. The standard InChI is InChI=1S/C17H14Cl2F2N2O3S/c18-13-3-2-12(10-14(13)19)27(25,26)23-7-5-22(6-8-23)17(24)11-1-4-15(20)16(21)9-11/h1-4,9-10H,5-8H2. The number of halogens is 4. The highest BCUT2D eigenvalue weighted by molar-refractivity contribution is 7.89. The van der Waals surface area contributed by atoms with Crippen molar-refractivity contribution in [2.24, 2.45) is 0 Å². The first kappa shape index (κ1) is 20.0. The van der Waals surface area contributed by atoms with Gasteiger partial charge in [0.15, 0.2) is 11.6 Å². The van der Waals surface area contributed by atoms with Crippen LogP contribution in [-0.2, 0) is 10.0 Å². The number of benzene rings is 2. The zero-order chi connectivity index (χ0) is 19.8. The largest absolute Gasteiger partial charge is 0.336 e. The number of amides is 1. The van der Waals surface area contributed by atoms with Crippen molar-refractivity contribution in [2.75, 3.05) is 26.2 Å². The third kappa shape index (κ3) is 4.08. The van der Waals surface area contributed by atoms with E-state index in [1.165, 1.54) is 33.5 Å². The van der Waals surface area contributed by atoms with Crippen LogP contribution in [0.2, 0.25) is 10.0 Å². The Morgan fingerprint density at radius 2 is 1.56 bits per heavy atom. The van der Waals surface area contributed by atoms with Crippen LogP contribution >= 0.6 is 23.2 Å². The molecular weight excluding hydrogens is 421 g/mol. The van der Waals surface area contributed by atoms with Crippen molar-refractivity contribution in [3.8, 4) is 0 Å². The number of piperazine rings is 1. The fourth-order valence-corrected chi connectivity index (χ4v) is 4.54. The minimum absolute atomic E-state index is 0.00897. The van der Waals surface area contributed by atoms with E-state index in [4.69, 9.17) is 23.2 Å². The molecule has 144 valence electrons. The molecule has 1 saturated heterocycles. The van der Waals surface area contributed by atoms with Gasteiger partial charge in [0, 0.05) is 31.7 Å². The molecule has 10 heteroatoms. The molecule has 27 heavy (non-hydrogen) atoms. The maximum absolute atomic E-state index is 13.3. The summed E-state index contributed by atoms with van der Waals surface area (Å²) in [5.41, 5.74) is 0.00897. The molecular formula is C17H14Cl2F2N2O3S. The van der Waals surface area contributed by atoms with Crippen LogP contribution < -0.4 is 0 Å². The Hall–Kier alpha value is -1.74. The van der Waals surface area contributed by atoms with Crippen molar-refractivity contribution in [1.29, 1.82) is 0 Å². The fraction of sp³-hybridized carbons (Fsp3) is 0.235. The zero-order valence-electron chi connectivity index (χ0n) is 13.8. The van der Waals surface area contributed by atoms with Gasteiger partial charge in [-0.1, -0.05) is 23.2 Å². The monoisotopic (exact) mass is 434 g/mol. The molecule has 1 aliphatic heterocycles. The highest BCUT2D eigenvalue weighted by Gasteiger charge is 2.31. The normalized spacial score (nSPS) is 15.8. The average Bonchev–Trinajstić information content (AvgIpc) is 2.65. The number of hydrogen-bond donors (Lipinski definition) is 0. The second kappa shape index (κ2) is 7.71. The Balaban J connectivity index is 1.71. The molecule has 0 bridgehead atoms. The predicted molar refractivity (Wildman–Crippen MR) is 97.5 cm³/mol. The number of hydrogen-bond acceptors (Lipinski definition) is 3. The molecule has 0 N–H and O–H groups in total. The molecule has 1 heterocycles. The Labute approximate surface area is 165 Å². The van der Waals surface area contributed by atoms with E-state index in [-0.39, 0.29) is 46.7 Å². The summed E-state index contributed by atoms with van der Waals surface area (Å²) < 4.78 is 53.0. The maximum Gasteiger partial charge on any atom is 0.254 e. The van der Waals surface area contributed by atoms with Gasteiger partial charge in [-0.3, -0.25) is 4.79 Å². The molecule has 0 aromatic heterocycles. The fourth-order valence-electron chi connectivity index (χ4n) is 2.73. The zero-order valence-corrected chi connectivity index (χ0v) is 16.2. The molecule has 2 aromatic carbocycles. The van der Waals surface area contributed by atoms with Gasteiger partial charge in [-0.05, 0) is 36.4 Å². The molecule has 0 spiro atoms. The highest BCUT2D eigenvalue weighted by Crippen LogP contribution is 2.27. The Kier molecular flexibility index (Phi) is 5.71. The molecule has 1 fully saturated rings. The van der Waals surface area contributed by atoms with Crippen LogP contribution in [0.15, 0.2) is 41.3 Å². The minimum atomic E-state index is -3.78. The van der Waals surface area contributed by atoms with Crippen LogP contribution in [0.25, 0.3) is 0 Å². The second-order valence-corrected chi connectivity index (χ2v) is 8.65. The molecule has 1 amide bonds. The molecule has 3 rings (SSSR count). The summed E-state index contributed by atoms with van der Waals surface area (Å²) in [6.07, 6.45) is 0. The molecule has 0 unspecified atom stereocenters. The van der Waals surface area contributed by atoms with Gasteiger partial charge in [0.25, 0.3) is 5.91 Å². The number of nitrogens with zero attached hydrogens (tertiary/aromatic N) is 2. The lowest BCUT2D eigenvalue weighted by Gasteiger charge is -2.34. The van der Waals surface area contributed by atoms with Crippen molar-refractivity contribution in [3.63, 3.8) is 0 Å². The molecule has 0 aliphatic carbocycles. The first-order chi connectivity index (χ1) is 12.7. The first-order valence-corrected chi connectivity index (χ1v) is 10.1. The Morgan fingerprint density at radius 3 is 2.15 bits per heavy atom. The van der Waals surface area contributed by atoms with Crippen LogP contribution in [0.4, 0.5) is 8.78 Å².